The molecule has 28 heavy (non-hydrogen) atoms. The Labute approximate surface area is 163 Å². The standard InChI is InChI=1S/C19H22N4O4S/c1-14(2)19(24)22-15-6-8-16(9-7-15)28(25,26)21-13-17(18-5-3-12-27-18)23-11-4-10-20-23/h3-12,14,17,21H,13H2,1-2H3,(H,22,24). The van der Waals surface area contributed by atoms with Crippen LogP contribution < -0.4 is 10.0 Å². The zero-order valence-corrected chi connectivity index (χ0v) is 16.4. The lowest BCUT2D eigenvalue weighted by molar-refractivity contribution is -0.118. The summed E-state index contributed by atoms with van der Waals surface area (Å²) in [5, 5.41) is 6.91. The lowest BCUT2D eigenvalue weighted by Gasteiger charge is -2.16. The number of furan rings is 1. The van der Waals surface area contributed by atoms with Crippen molar-refractivity contribution >= 4 is 21.6 Å². The zero-order chi connectivity index (χ0) is 20.1. The first-order chi connectivity index (χ1) is 13.4. The van der Waals surface area contributed by atoms with Crippen LogP contribution in [-0.2, 0) is 14.8 Å². The summed E-state index contributed by atoms with van der Waals surface area (Å²) < 4.78 is 35.0. The molecule has 9 heteroatoms. The van der Waals surface area contributed by atoms with Crippen LogP contribution in [0, 0.1) is 5.92 Å². The van der Waals surface area contributed by atoms with Crippen LogP contribution >= 0.6 is 0 Å². The van der Waals surface area contributed by atoms with Gasteiger partial charge in [-0.1, -0.05) is 13.8 Å². The van der Waals surface area contributed by atoms with Crippen molar-refractivity contribution in [2.75, 3.05) is 11.9 Å². The fourth-order valence-electron chi connectivity index (χ4n) is 2.55. The molecule has 3 rings (SSSR count). The molecule has 148 valence electrons. The highest BCUT2D eigenvalue weighted by molar-refractivity contribution is 7.89. The first kappa shape index (κ1) is 19.8. The molecule has 8 nitrogen and oxygen atoms in total. The van der Waals surface area contributed by atoms with Gasteiger partial charge in [-0.15, -0.1) is 0 Å². The van der Waals surface area contributed by atoms with Crippen LogP contribution in [0.5, 0.6) is 0 Å². The van der Waals surface area contributed by atoms with Crippen LogP contribution in [0.15, 0.2) is 70.4 Å². The second-order valence-electron chi connectivity index (χ2n) is 6.54. The van der Waals surface area contributed by atoms with Crippen LogP contribution in [0.2, 0.25) is 0 Å². The Balaban J connectivity index is 1.71. The molecule has 3 aromatic rings. The number of amides is 1. The molecule has 0 aliphatic carbocycles. The molecule has 1 unspecified atom stereocenters. The Morgan fingerprint density at radius 2 is 1.93 bits per heavy atom. The van der Waals surface area contributed by atoms with E-state index in [4.69, 9.17) is 4.42 Å². The van der Waals surface area contributed by atoms with E-state index in [9.17, 15) is 13.2 Å². The van der Waals surface area contributed by atoms with Gasteiger partial charge in [-0.25, -0.2) is 13.1 Å². The average molecular weight is 402 g/mol. The third-order valence-corrected chi connectivity index (χ3v) is 5.58. The van der Waals surface area contributed by atoms with E-state index in [2.05, 4.69) is 15.1 Å². The number of nitrogens with one attached hydrogen (secondary N) is 2. The molecule has 2 N–H and O–H groups in total. The van der Waals surface area contributed by atoms with Gasteiger partial charge in [0.25, 0.3) is 0 Å². The summed E-state index contributed by atoms with van der Waals surface area (Å²) in [6.07, 6.45) is 4.90. The van der Waals surface area contributed by atoms with Crippen molar-refractivity contribution in [2.45, 2.75) is 24.8 Å². The van der Waals surface area contributed by atoms with Crippen molar-refractivity contribution in [1.82, 2.24) is 14.5 Å². The Morgan fingerprint density at radius 1 is 1.18 bits per heavy atom. The van der Waals surface area contributed by atoms with Crippen molar-refractivity contribution in [3.63, 3.8) is 0 Å². The molecule has 0 aliphatic rings. The minimum Gasteiger partial charge on any atom is -0.467 e. The second-order valence-corrected chi connectivity index (χ2v) is 8.30. The maximum Gasteiger partial charge on any atom is 0.240 e. The molecule has 2 aromatic heterocycles. The topological polar surface area (TPSA) is 106 Å². The zero-order valence-electron chi connectivity index (χ0n) is 15.6. The quantitative estimate of drug-likeness (QED) is 0.602. The predicted molar refractivity (Wildman–Crippen MR) is 104 cm³/mol. The highest BCUT2D eigenvalue weighted by atomic mass is 32.2. The molecule has 0 fully saturated rings. The van der Waals surface area contributed by atoms with Crippen LogP contribution in [0.3, 0.4) is 0 Å². The first-order valence-electron chi connectivity index (χ1n) is 8.80. The molecular weight excluding hydrogens is 380 g/mol. The Bertz CT molecular complexity index is 961. The fraction of sp³-hybridized carbons (Fsp3) is 0.263. The van der Waals surface area contributed by atoms with Crippen LogP contribution in [0.4, 0.5) is 5.69 Å². The summed E-state index contributed by atoms with van der Waals surface area (Å²) in [5.74, 6) is 0.304. The van der Waals surface area contributed by atoms with E-state index in [0.717, 1.165) is 0 Å². The van der Waals surface area contributed by atoms with Gasteiger partial charge in [0.1, 0.15) is 11.8 Å². The Hall–Kier alpha value is -2.91. The van der Waals surface area contributed by atoms with E-state index in [1.807, 2.05) is 0 Å². The second kappa shape index (κ2) is 8.41. The van der Waals surface area contributed by atoms with Gasteiger partial charge in [-0.05, 0) is 42.5 Å². The number of nitrogens with zero attached hydrogens (tertiary/aromatic N) is 2. The van der Waals surface area contributed by atoms with E-state index in [-0.39, 0.29) is 23.3 Å². The molecule has 1 atom stereocenters. The summed E-state index contributed by atoms with van der Waals surface area (Å²) in [6.45, 7) is 3.64. The number of carbonyl (C=O) groups excluding carboxylic acids is 1. The predicted octanol–water partition coefficient (Wildman–Crippen LogP) is 2.64. The Morgan fingerprint density at radius 3 is 2.50 bits per heavy atom. The SMILES string of the molecule is CC(C)C(=O)Nc1ccc(S(=O)(=O)NCC(c2ccco2)n2cccn2)cc1. The number of rotatable bonds is 8. The maximum absolute atomic E-state index is 12.7. The minimum atomic E-state index is -3.74. The molecule has 1 amide bonds. The molecular formula is C19H22N4O4S. The van der Waals surface area contributed by atoms with E-state index in [1.165, 1.54) is 18.4 Å². The summed E-state index contributed by atoms with van der Waals surface area (Å²) in [6, 6.07) is 10.9. The third kappa shape index (κ3) is 4.68. The normalized spacial score (nSPS) is 12.8. The van der Waals surface area contributed by atoms with Crippen molar-refractivity contribution in [3.05, 3.63) is 66.9 Å². The van der Waals surface area contributed by atoms with E-state index in [0.29, 0.717) is 11.4 Å². The van der Waals surface area contributed by atoms with Crippen LogP contribution in [0.25, 0.3) is 0 Å². The summed E-state index contributed by atoms with van der Waals surface area (Å²) >= 11 is 0. The van der Waals surface area contributed by atoms with Gasteiger partial charge < -0.3 is 9.73 Å². The highest BCUT2D eigenvalue weighted by Gasteiger charge is 2.21. The number of benzene rings is 1. The number of carbonyl (C=O) groups is 1. The third-order valence-electron chi connectivity index (χ3n) is 4.14. The minimum absolute atomic E-state index is 0.0728. The molecule has 0 saturated carbocycles. The number of hydrogen-bond acceptors (Lipinski definition) is 5. The van der Waals surface area contributed by atoms with Gasteiger partial charge in [-0.3, -0.25) is 9.48 Å². The highest BCUT2D eigenvalue weighted by Crippen LogP contribution is 2.19. The van der Waals surface area contributed by atoms with Gasteiger partial charge in [0.2, 0.25) is 15.9 Å². The summed E-state index contributed by atoms with van der Waals surface area (Å²) in [5.41, 5.74) is 0.544. The van der Waals surface area contributed by atoms with E-state index in [1.54, 1.807) is 61.3 Å². The monoisotopic (exact) mass is 402 g/mol. The Kier molecular flexibility index (Phi) is 5.96. The van der Waals surface area contributed by atoms with Crippen molar-refractivity contribution < 1.29 is 17.6 Å². The van der Waals surface area contributed by atoms with Gasteiger partial charge >= 0.3 is 0 Å². The molecule has 0 saturated heterocycles. The van der Waals surface area contributed by atoms with Crippen molar-refractivity contribution in [3.8, 4) is 0 Å². The number of hydrogen-bond donors (Lipinski definition) is 2. The maximum atomic E-state index is 12.7. The molecule has 0 spiro atoms. The number of aromatic nitrogens is 2. The number of sulfonamides is 1. The molecule has 2 heterocycles. The molecule has 0 bridgehead atoms. The number of anilines is 1. The first-order valence-corrected chi connectivity index (χ1v) is 10.3. The van der Waals surface area contributed by atoms with Crippen molar-refractivity contribution in [1.29, 1.82) is 0 Å². The molecule has 1 aromatic carbocycles. The lowest BCUT2D eigenvalue weighted by atomic mass is 10.2. The summed E-state index contributed by atoms with van der Waals surface area (Å²) in [7, 11) is -3.74. The van der Waals surface area contributed by atoms with Gasteiger partial charge in [-0.2, -0.15) is 5.10 Å². The smallest absolute Gasteiger partial charge is 0.240 e. The van der Waals surface area contributed by atoms with Crippen LogP contribution in [-0.4, -0.2) is 30.7 Å². The van der Waals surface area contributed by atoms with Crippen molar-refractivity contribution in [2.24, 2.45) is 5.92 Å². The van der Waals surface area contributed by atoms with Gasteiger partial charge in [0.05, 0.1) is 11.2 Å². The van der Waals surface area contributed by atoms with Gasteiger partial charge in [0, 0.05) is 30.5 Å². The van der Waals surface area contributed by atoms with E-state index >= 15 is 0 Å². The van der Waals surface area contributed by atoms with Gasteiger partial charge in [0.15, 0.2) is 0 Å². The largest absolute Gasteiger partial charge is 0.467 e. The van der Waals surface area contributed by atoms with E-state index < -0.39 is 16.1 Å². The molecule has 0 radical (unpaired) electrons. The average Bonchev–Trinajstić information content (AvgIpc) is 3.36. The van der Waals surface area contributed by atoms with Crippen LogP contribution in [0.1, 0.15) is 25.6 Å². The fourth-order valence-corrected chi connectivity index (χ4v) is 3.58. The molecule has 0 aliphatic heterocycles. The summed E-state index contributed by atoms with van der Waals surface area (Å²) in [4.78, 5) is 11.8. The lowest BCUT2D eigenvalue weighted by Crippen LogP contribution is -2.31.